The van der Waals surface area contributed by atoms with Gasteiger partial charge in [-0.1, -0.05) is 6.07 Å². The third kappa shape index (κ3) is 6.54. The van der Waals surface area contributed by atoms with E-state index < -0.39 is 41.2 Å². The summed E-state index contributed by atoms with van der Waals surface area (Å²) >= 11 is 0. The van der Waals surface area contributed by atoms with E-state index in [9.17, 15) is 28.2 Å². The molecule has 6 nitrogen and oxygen atoms in total. The van der Waals surface area contributed by atoms with Crippen LogP contribution in [0, 0.1) is 11.3 Å². The molecule has 26 heavy (non-hydrogen) atoms. The van der Waals surface area contributed by atoms with Crippen LogP contribution < -0.4 is 5.32 Å². The first-order valence-electron chi connectivity index (χ1n) is 7.79. The second kappa shape index (κ2) is 8.38. The van der Waals surface area contributed by atoms with Crippen molar-refractivity contribution < 1.29 is 32.9 Å². The molecule has 1 amide bonds. The molecule has 3 N–H and O–H groups in total. The topological polar surface area (TPSA) is 103 Å². The normalized spacial score (nSPS) is 14.3. The smallest absolute Gasteiger partial charge is 0.417 e. The lowest BCUT2D eigenvalue weighted by Crippen LogP contribution is -2.34. The van der Waals surface area contributed by atoms with Crippen LogP contribution in [0.5, 0.6) is 0 Å². The van der Waals surface area contributed by atoms with E-state index in [1.54, 1.807) is 20.8 Å². The number of alkyl halides is 3. The number of amides is 1. The van der Waals surface area contributed by atoms with E-state index in [4.69, 9.17) is 10.00 Å². The molecule has 0 aliphatic rings. The van der Waals surface area contributed by atoms with Crippen molar-refractivity contribution in [3.05, 3.63) is 34.9 Å². The van der Waals surface area contributed by atoms with E-state index in [0.29, 0.717) is 6.07 Å². The number of aliphatic hydroxyl groups excluding tert-OH is 2. The second-order valence-electron chi connectivity index (χ2n) is 6.64. The molecule has 0 fully saturated rings. The summed E-state index contributed by atoms with van der Waals surface area (Å²) in [5, 5.41) is 31.1. The molecule has 0 saturated heterocycles. The van der Waals surface area contributed by atoms with Gasteiger partial charge in [-0.05, 0) is 44.9 Å². The van der Waals surface area contributed by atoms with Crippen molar-refractivity contribution in [1.29, 1.82) is 5.26 Å². The van der Waals surface area contributed by atoms with Gasteiger partial charge in [-0.3, -0.25) is 0 Å². The largest absolute Gasteiger partial charge is 0.444 e. The van der Waals surface area contributed by atoms with Gasteiger partial charge in [-0.15, -0.1) is 0 Å². The van der Waals surface area contributed by atoms with E-state index in [-0.39, 0.29) is 18.5 Å². The molecule has 0 saturated carbocycles. The zero-order valence-corrected chi connectivity index (χ0v) is 14.6. The maximum absolute atomic E-state index is 13.0. The molecule has 0 bridgehead atoms. The Morgan fingerprint density at radius 2 is 1.92 bits per heavy atom. The van der Waals surface area contributed by atoms with Crippen LogP contribution in [-0.2, 0) is 10.9 Å². The molecule has 1 aromatic rings. The van der Waals surface area contributed by atoms with Crippen LogP contribution in [0.3, 0.4) is 0 Å². The molecule has 0 radical (unpaired) electrons. The number of benzene rings is 1. The summed E-state index contributed by atoms with van der Waals surface area (Å²) in [6.07, 6.45) is -8.61. The third-order valence-corrected chi connectivity index (χ3v) is 3.28. The van der Waals surface area contributed by atoms with Gasteiger partial charge >= 0.3 is 12.3 Å². The number of hydrogen-bond donors (Lipinski definition) is 3. The second-order valence-corrected chi connectivity index (χ2v) is 6.64. The molecule has 0 heterocycles. The highest BCUT2D eigenvalue weighted by atomic mass is 19.4. The third-order valence-electron chi connectivity index (χ3n) is 3.28. The minimum Gasteiger partial charge on any atom is -0.444 e. The Balaban J connectivity index is 2.73. The van der Waals surface area contributed by atoms with Crippen LogP contribution in [0.2, 0.25) is 0 Å². The number of nitrogens with one attached hydrogen (secondary N) is 1. The van der Waals surface area contributed by atoms with E-state index in [1.165, 1.54) is 6.07 Å². The van der Waals surface area contributed by atoms with Crippen LogP contribution in [-0.4, -0.2) is 34.6 Å². The molecule has 9 heteroatoms. The number of rotatable bonds is 5. The molecule has 1 aromatic carbocycles. The monoisotopic (exact) mass is 374 g/mol. The van der Waals surface area contributed by atoms with Gasteiger partial charge in [0.1, 0.15) is 11.7 Å². The Morgan fingerprint density at radius 3 is 2.42 bits per heavy atom. The van der Waals surface area contributed by atoms with Crippen molar-refractivity contribution in [2.24, 2.45) is 0 Å². The standard InChI is InChI=1S/C17H21F3N2O4/c1-16(2,3)26-15(25)22-7-6-13(23)14(24)10-4-5-11(9-21)12(8-10)17(18,19)20/h4-5,8,13-14,23-24H,6-7H2,1-3H3,(H,22,25). The Bertz CT molecular complexity index is 678. The quantitative estimate of drug-likeness (QED) is 0.735. The van der Waals surface area contributed by atoms with Gasteiger partial charge in [-0.25, -0.2) is 4.79 Å². The fourth-order valence-corrected chi connectivity index (χ4v) is 2.09. The predicted molar refractivity (Wildman–Crippen MR) is 86.0 cm³/mol. The van der Waals surface area contributed by atoms with Gasteiger partial charge in [0.15, 0.2) is 0 Å². The van der Waals surface area contributed by atoms with Gasteiger partial charge in [0.25, 0.3) is 0 Å². The number of aliphatic hydroxyl groups is 2. The summed E-state index contributed by atoms with van der Waals surface area (Å²) in [5.74, 6) is 0. The number of ether oxygens (including phenoxy) is 1. The van der Waals surface area contributed by atoms with Crippen molar-refractivity contribution in [3.8, 4) is 6.07 Å². The van der Waals surface area contributed by atoms with E-state index in [1.807, 2.05) is 0 Å². The molecule has 2 unspecified atom stereocenters. The number of carbonyl (C=O) groups is 1. The lowest BCUT2D eigenvalue weighted by Gasteiger charge is -2.22. The van der Waals surface area contributed by atoms with E-state index in [2.05, 4.69) is 5.32 Å². The average Bonchev–Trinajstić information content (AvgIpc) is 2.50. The average molecular weight is 374 g/mol. The minimum absolute atomic E-state index is 0.0461. The maximum Gasteiger partial charge on any atom is 0.417 e. The predicted octanol–water partition coefficient (Wildman–Crippen LogP) is 2.89. The van der Waals surface area contributed by atoms with Crippen molar-refractivity contribution >= 4 is 6.09 Å². The van der Waals surface area contributed by atoms with E-state index in [0.717, 1.165) is 12.1 Å². The Labute approximate surface area is 149 Å². The first kappa shape index (κ1) is 21.7. The van der Waals surface area contributed by atoms with Crippen LogP contribution in [0.15, 0.2) is 18.2 Å². The summed E-state index contributed by atoms with van der Waals surface area (Å²) in [6, 6.07) is 4.15. The van der Waals surface area contributed by atoms with Crippen molar-refractivity contribution in [1.82, 2.24) is 5.32 Å². The van der Waals surface area contributed by atoms with Gasteiger partial charge in [0.05, 0.1) is 23.3 Å². The highest BCUT2D eigenvalue weighted by molar-refractivity contribution is 5.67. The fourth-order valence-electron chi connectivity index (χ4n) is 2.09. The van der Waals surface area contributed by atoms with E-state index >= 15 is 0 Å². The Hall–Kier alpha value is -2.31. The van der Waals surface area contributed by atoms with Gasteiger partial charge in [0, 0.05) is 6.54 Å². The van der Waals surface area contributed by atoms with Crippen LogP contribution in [0.25, 0.3) is 0 Å². The molecule has 1 rings (SSSR count). The molecule has 0 aromatic heterocycles. The minimum atomic E-state index is -4.76. The summed E-state index contributed by atoms with van der Waals surface area (Å²) in [4.78, 5) is 11.5. The Kier molecular flexibility index (Phi) is 7.00. The Morgan fingerprint density at radius 1 is 1.31 bits per heavy atom. The SMILES string of the molecule is CC(C)(C)OC(=O)NCCC(O)C(O)c1ccc(C#N)c(C(F)(F)F)c1. The number of hydrogen-bond acceptors (Lipinski definition) is 5. The maximum atomic E-state index is 13.0. The lowest BCUT2D eigenvalue weighted by atomic mass is 9.97. The molecule has 144 valence electrons. The van der Waals surface area contributed by atoms with Crippen molar-refractivity contribution in [2.45, 2.75) is 51.2 Å². The van der Waals surface area contributed by atoms with Gasteiger partial charge < -0.3 is 20.3 Å². The molecule has 0 aliphatic heterocycles. The van der Waals surface area contributed by atoms with Gasteiger partial charge in [-0.2, -0.15) is 18.4 Å². The molecule has 2 atom stereocenters. The molecular formula is C17H21F3N2O4. The molecule has 0 aliphatic carbocycles. The number of nitrogens with zero attached hydrogens (tertiary/aromatic N) is 1. The number of alkyl carbamates (subject to hydrolysis) is 1. The molecule has 0 spiro atoms. The van der Waals surface area contributed by atoms with Crippen LogP contribution >= 0.6 is 0 Å². The number of nitriles is 1. The van der Waals surface area contributed by atoms with Crippen molar-refractivity contribution in [2.75, 3.05) is 6.54 Å². The summed E-state index contributed by atoms with van der Waals surface area (Å²) in [6.45, 7) is 4.98. The zero-order chi connectivity index (χ0) is 20.1. The highest BCUT2D eigenvalue weighted by Crippen LogP contribution is 2.34. The zero-order valence-electron chi connectivity index (χ0n) is 14.6. The summed E-state index contributed by atoms with van der Waals surface area (Å²) in [7, 11) is 0. The van der Waals surface area contributed by atoms with Crippen molar-refractivity contribution in [3.63, 3.8) is 0 Å². The first-order valence-corrected chi connectivity index (χ1v) is 7.79. The summed E-state index contributed by atoms with van der Waals surface area (Å²) in [5.41, 5.74) is -2.63. The first-order chi connectivity index (χ1) is 11.8. The van der Waals surface area contributed by atoms with Crippen LogP contribution in [0.4, 0.5) is 18.0 Å². The highest BCUT2D eigenvalue weighted by Gasteiger charge is 2.34. The van der Waals surface area contributed by atoms with Crippen LogP contribution in [0.1, 0.15) is 50.0 Å². The lowest BCUT2D eigenvalue weighted by molar-refractivity contribution is -0.137. The number of carbonyl (C=O) groups excluding carboxylic acids is 1. The fraction of sp³-hybridized carbons (Fsp3) is 0.529. The molecular weight excluding hydrogens is 353 g/mol. The van der Waals surface area contributed by atoms with Gasteiger partial charge in [0.2, 0.25) is 0 Å². The number of halogens is 3. The summed E-state index contributed by atoms with van der Waals surface area (Å²) < 4.78 is 43.8.